The van der Waals surface area contributed by atoms with Crippen LogP contribution in [0.2, 0.25) is 13.1 Å². The Bertz CT molecular complexity index is 168. The molecule has 3 nitrogen and oxygen atoms in total. The second-order valence-corrected chi connectivity index (χ2v) is 6.41. The third kappa shape index (κ3) is 5.60. The van der Waals surface area contributed by atoms with E-state index in [1.165, 1.54) is 6.08 Å². The van der Waals surface area contributed by atoms with Gasteiger partial charge in [0, 0.05) is 25.3 Å². The molecular formula is C9H18O3Si. The van der Waals surface area contributed by atoms with Gasteiger partial charge in [-0.25, -0.2) is 4.79 Å². The third-order valence-electron chi connectivity index (χ3n) is 1.86. The minimum Gasteiger partial charge on any atom is -0.462 e. The van der Waals surface area contributed by atoms with E-state index in [1.807, 2.05) is 0 Å². The Morgan fingerprint density at radius 2 is 2.23 bits per heavy atom. The van der Waals surface area contributed by atoms with Gasteiger partial charge in [-0.1, -0.05) is 19.7 Å². The standard InChI is InChI=1S/C9H18O3Si/c1-5-8(10)12-7-6-9(11-2)13(3)4/h5,9,13H,1,6-7H2,2-4H3. The van der Waals surface area contributed by atoms with Gasteiger partial charge in [-0.2, -0.15) is 0 Å². The molecule has 0 saturated carbocycles. The number of carbonyl (C=O) groups excluding carboxylic acids is 1. The molecule has 0 heterocycles. The SMILES string of the molecule is C=CC(=O)OCCC(OC)[SiH](C)C. The predicted octanol–water partition coefficient (Wildman–Crippen LogP) is 1.15. The molecular weight excluding hydrogens is 184 g/mol. The van der Waals surface area contributed by atoms with Crippen LogP contribution in [0.15, 0.2) is 12.7 Å². The van der Waals surface area contributed by atoms with Crippen LogP contribution in [0.1, 0.15) is 6.42 Å². The maximum absolute atomic E-state index is 10.7. The number of carbonyl (C=O) groups is 1. The first-order chi connectivity index (χ1) is 6.11. The van der Waals surface area contributed by atoms with Crippen molar-refractivity contribution in [1.82, 2.24) is 0 Å². The van der Waals surface area contributed by atoms with Crippen LogP contribution in [0.5, 0.6) is 0 Å². The van der Waals surface area contributed by atoms with Gasteiger partial charge in [-0.15, -0.1) is 0 Å². The molecule has 1 unspecified atom stereocenters. The maximum Gasteiger partial charge on any atom is 0.330 e. The lowest BCUT2D eigenvalue weighted by Crippen LogP contribution is -2.28. The summed E-state index contributed by atoms with van der Waals surface area (Å²) < 4.78 is 10.1. The monoisotopic (exact) mass is 202 g/mol. The highest BCUT2D eigenvalue weighted by molar-refractivity contribution is 6.57. The van der Waals surface area contributed by atoms with Gasteiger partial charge in [0.05, 0.1) is 15.4 Å². The normalized spacial score (nSPS) is 12.6. The summed E-state index contributed by atoms with van der Waals surface area (Å²) in [5, 5.41) is 0. The van der Waals surface area contributed by atoms with E-state index in [1.54, 1.807) is 7.11 Å². The van der Waals surface area contributed by atoms with E-state index >= 15 is 0 Å². The smallest absolute Gasteiger partial charge is 0.330 e. The number of ether oxygens (including phenoxy) is 2. The molecule has 13 heavy (non-hydrogen) atoms. The Labute approximate surface area is 81.3 Å². The fraction of sp³-hybridized carbons (Fsp3) is 0.667. The second-order valence-electron chi connectivity index (χ2n) is 3.18. The summed E-state index contributed by atoms with van der Waals surface area (Å²) >= 11 is 0. The lowest BCUT2D eigenvalue weighted by Gasteiger charge is -2.17. The maximum atomic E-state index is 10.7. The first-order valence-electron chi connectivity index (χ1n) is 4.43. The summed E-state index contributed by atoms with van der Waals surface area (Å²) in [6.45, 7) is 8.17. The van der Waals surface area contributed by atoms with Crippen molar-refractivity contribution in [2.75, 3.05) is 13.7 Å². The van der Waals surface area contributed by atoms with Crippen LogP contribution in [0.4, 0.5) is 0 Å². The van der Waals surface area contributed by atoms with Crippen molar-refractivity contribution < 1.29 is 14.3 Å². The van der Waals surface area contributed by atoms with Crippen molar-refractivity contribution >= 4 is 14.8 Å². The highest BCUT2D eigenvalue weighted by Gasteiger charge is 2.13. The van der Waals surface area contributed by atoms with E-state index in [-0.39, 0.29) is 11.7 Å². The predicted molar refractivity (Wildman–Crippen MR) is 55.4 cm³/mol. The Morgan fingerprint density at radius 3 is 2.62 bits per heavy atom. The quantitative estimate of drug-likeness (QED) is 0.368. The summed E-state index contributed by atoms with van der Waals surface area (Å²) in [6, 6.07) is 0. The van der Waals surface area contributed by atoms with Crippen molar-refractivity contribution in [3.63, 3.8) is 0 Å². The van der Waals surface area contributed by atoms with Crippen LogP contribution < -0.4 is 0 Å². The lowest BCUT2D eigenvalue weighted by molar-refractivity contribution is -0.138. The molecule has 0 aromatic rings. The average Bonchev–Trinajstić information content (AvgIpc) is 2.11. The molecule has 0 saturated heterocycles. The molecule has 0 bridgehead atoms. The van der Waals surface area contributed by atoms with Crippen molar-refractivity contribution in [2.24, 2.45) is 0 Å². The zero-order valence-electron chi connectivity index (χ0n) is 8.58. The van der Waals surface area contributed by atoms with Gasteiger partial charge in [0.1, 0.15) is 0 Å². The zero-order valence-corrected chi connectivity index (χ0v) is 9.73. The molecule has 0 radical (unpaired) electrons. The van der Waals surface area contributed by atoms with Crippen LogP contribution in [-0.2, 0) is 14.3 Å². The largest absolute Gasteiger partial charge is 0.462 e. The van der Waals surface area contributed by atoms with Crippen LogP contribution >= 0.6 is 0 Å². The molecule has 4 heteroatoms. The highest BCUT2D eigenvalue weighted by Crippen LogP contribution is 2.02. The molecule has 0 aliphatic carbocycles. The fourth-order valence-corrected chi connectivity index (χ4v) is 2.41. The van der Waals surface area contributed by atoms with E-state index in [0.29, 0.717) is 6.61 Å². The topological polar surface area (TPSA) is 35.5 Å². The van der Waals surface area contributed by atoms with E-state index in [2.05, 4.69) is 19.7 Å². The van der Waals surface area contributed by atoms with Gasteiger partial charge in [0.25, 0.3) is 0 Å². The van der Waals surface area contributed by atoms with E-state index in [9.17, 15) is 4.79 Å². The summed E-state index contributed by atoms with van der Waals surface area (Å²) in [5.41, 5.74) is 0.289. The van der Waals surface area contributed by atoms with Crippen LogP contribution in [0.3, 0.4) is 0 Å². The number of methoxy groups -OCH3 is 1. The molecule has 0 aromatic carbocycles. The fourth-order valence-electron chi connectivity index (χ4n) is 1.06. The van der Waals surface area contributed by atoms with Crippen LogP contribution in [-0.4, -0.2) is 34.2 Å². The molecule has 0 aromatic heterocycles. The van der Waals surface area contributed by atoms with E-state index < -0.39 is 8.80 Å². The van der Waals surface area contributed by atoms with Gasteiger partial charge in [-0.3, -0.25) is 0 Å². The van der Waals surface area contributed by atoms with Gasteiger partial charge < -0.3 is 9.47 Å². The summed E-state index contributed by atoms with van der Waals surface area (Å²) in [5.74, 6) is -0.361. The summed E-state index contributed by atoms with van der Waals surface area (Å²) in [6.07, 6.45) is 1.97. The van der Waals surface area contributed by atoms with Gasteiger partial charge >= 0.3 is 5.97 Å². The van der Waals surface area contributed by atoms with Crippen molar-refractivity contribution in [1.29, 1.82) is 0 Å². The highest BCUT2D eigenvalue weighted by atomic mass is 28.3. The molecule has 0 amide bonds. The number of rotatable bonds is 6. The van der Waals surface area contributed by atoms with Gasteiger partial charge in [-0.05, 0) is 0 Å². The Morgan fingerprint density at radius 1 is 1.62 bits per heavy atom. The number of hydrogen-bond acceptors (Lipinski definition) is 3. The molecule has 0 spiro atoms. The van der Waals surface area contributed by atoms with Crippen molar-refractivity contribution in [3.8, 4) is 0 Å². The van der Waals surface area contributed by atoms with Crippen molar-refractivity contribution in [3.05, 3.63) is 12.7 Å². The van der Waals surface area contributed by atoms with Crippen LogP contribution in [0.25, 0.3) is 0 Å². The minimum absolute atomic E-state index is 0.289. The second kappa shape index (κ2) is 6.86. The lowest BCUT2D eigenvalue weighted by atomic mass is 10.5. The first-order valence-corrected chi connectivity index (χ1v) is 7.41. The van der Waals surface area contributed by atoms with E-state index in [4.69, 9.17) is 9.47 Å². The van der Waals surface area contributed by atoms with Crippen molar-refractivity contribution in [2.45, 2.75) is 25.2 Å². The molecule has 0 rings (SSSR count). The molecule has 0 fully saturated rings. The molecule has 0 aliphatic heterocycles. The molecule has 76 valence electrons. The first kappa shape index (κ1) is 12.4. The third-order valence-corrected chi connectivity index (χ3v) is 3.95. The zero-order chi connectivity index (χ0) is 10.3. The summed E-state index contributed by atoms with van der Waals surface area (Å²) in [4.78, 5) is 10.7. The summed E-state index contributed by atoms with van der Waals surface area (Å²) in [7, 11) is 0.905. The number of esters is 1. The number of hydrogen-bond donors (Lipinski definition) is 0. The molecule has 1 atom stereocenters. The van der Waals surface area contributed by atoms with E-state index in [0.717, 1.165) is 6.42 Å². The van der Waals surface area contributed by atoms with Crippen LogP contribution in [0, 0.1) is 0 Å². The molecule has 0 aliphatic rings. The Balaban J connectivity index is 3.61. The average molecular weight is 202 g/mol. The minimum atomic E-state index is -0.797. The Kier molecular flexibility index (Phi) is 6.53. The van der Waals surface area contributed by atoms with Gasteiger partial charge in [0.2, 0.25) is 0 Å². The van der Waals surface area contributed by atoms with Gasteiger partial charge in [0.15, 0.2) is 0 Å². The Hall–Kier alpha value is -0.613. The molecule has 0 N–H and O–H groups in total.